The third-order valence-electron chi connectivity index (χ3n) is 3.13. The molecule has 1 atom stereocenters. The van der Waals surface area contributed by atoms with Crippen molar-refractivity contribution >= 4 is 11.9 Å². The summed E-state index contributed by atoms with van der Waals surface area (Å²) in [6, 6.07) is -0.373. The Labute approximate surface area is 112 Å². The van der Waals surface area contributed by atoms with E-state index < -0.39 is 0 Å². The summed E-state index contributed by atoms with van der Waals surface area (Å²) in [5.74, 6) is 0.419. The maximum Gasteiger partial charge on any atom is 0.245 e. The third kappa shape index (κ3) is 3.37. The highest BCUT2D eigenvalue weighted by atomic mass is 16.5. The standard InChI is InChI=1S/C12H19N5O2/c1-8-9(2)15-16-12(13-8)14-10(3)11(18)17-4-6-19-7-5-17/h10H,4-7H2,1-3H3,(H,13,14,16). The van der Waals surface area contributed by atoms with E-state index >= 15 is 0 Å². The van der Waals surface area contributed by atoms with Gasteiger partial charge in [0.25, 0.3) is 0 Å². The van der Waals surface area contributed by atoms with Crippen LogP contribution in [0.15, 0.2) is 0 Å². The zero-order valence-electron chi connectivity index (χ0n) is 11.5. The number of rotatable bonds is 3. The molecule has 1 aromatic heterocycles. The van der Waals surface area contributed by atoms with Gasteiger partial charge in [-0.1, -0.05) is 0 Å². The second kappa shape index (κ2) is 5.92. The van der Waals surface area contributed by atoms with Crippen LogP contribution < -0.4 is 5.32 Å². The zero-order valence-corrected chi connectivity index (χ0v) is 11.5. The Hall–Kier alpha value is -1.76. The molecule has 0 spiro atoms. The van der Waals surface area contributed by atoms with Crippen molar-refractivity contribution in [2.45, 2.75) is 26.8 Å². The number of aromatic nitrogens is 3. The summed E-state index contributed by atoms with van der Waals surface area (Å²) >= 11 is 0. The lowest BCUT2D eigenvalue weighted by molar-refractivity contribution is -0.135. The van der Waals surface area contributed by atoms with Crippen LogP contribution in [-0.4, -0.2) is 58.3 Å². The van der Waals surface area contributed by atoms with Gasteiger partial charge in [-0.25, -0.2) is 4.98 Å². The molecule has 1 saturated heterocycles. The molecule has 2 heterocycles. The Morgan fingerprint density at radius 3 is 2.58 bits per heavy atom. The molecule has 1 aliphatic rings. The van der Waals surface area contributed by atoms with E-state index in [1.54, 1.807) is 11.8 Å². The van der Waals surface area contributed by atoms with Gasteiger partial charge >= 0.3 is 0 Å². The molecule has 7 heteroatoms. The molecule has 7 nitrogen and oxygen atoms in total. The number of morpholine rings is 1. The molecule has 1 N–H and O–H groups in total. The summed E-state index contributed by atoms with van der Waals surface area (Å²) in [6.45, 7) is 7.98. The first-order valence-electron chi connectivity index (χ1n) is 6.39. The summed E-state index contributed by atoms with van der Waals surface area (Å²) in [5, 5.41) is 10.9. The van der Waals surface area contributed by atoms with Crippen LogP contribution in [-0.2, 0) is 9.53 Å². The third-order valence-corrected chi connectivity index (χ3v) is 3.13. The molecule has 0 saturated carbocycles. The fourth-order valence-corrected chi connectivity index (χ4v) is 1.83. The average Bonchev–Trinajstić information content (AvgIpc) is 2.43. The van der Waals surface area contributed by atoms with Crippen molar-refractivity contribution in [3.8, 4) is 0 Å². The largest absolute Gasteiger partial charge is 0.378 e. The number of carbonyl (C=O) groups is 1. The second-order valence-corrected chi connectivity index (χ2v) is 4.61. The monoisotopic (exact) mass is 265 g/mol. The van der Waals surface area contributed by atoms with Crippen LogP contribution >= 0.6 is 0 Å². The minimum Gasteiger partial charge on any atom is -0.378 e. The lowest BCUT2D eigenvalue weighted by Crippen LogP contribution is -2.47. The Bertz CT molecular complexity index is 459. The Morgan fingerprint density at radius 2 is 1.95 bits per heavy atom. The smallest absolute Gasteiger partial charge is 0.245 e. The summed E-state index contributed by atoms with van der Waals surface area (Å²) in [5.41, 5.74) is 1.60. The molecule has 2 rings (SSSR count). The van der Waals surface area contributed by atoms with Gasteiger partial charge in [0.15, 0.2) is 0 Å². The van der Waals surface area contributed by atoms with E-state index in [-0.39, 0.29) is 11.9 Å². The SMILES string of the molecule is Cc1nnc(NC(C)C(=O)N2CCOCC2)nc1C. The van der Waals surface area contributed by atoms with E-state index in [1.807, 2.05) is 13.8 Å². The van der Waals surface area contributed by atoms with E-state index in [1.165, 1.54) is 0 Å². The molecule has 1 aromatic rings. The molecule has 0 aromatic carbocycles. The maximum atomic E-state index is 12.2. The molecule has 1 aliphatic heterocycles. The van der Waals surface area contributed by atoms with Crippen molar-refractivity contribution in [1.82, 2.24) is 20.1 Å². The minimum atomic E-state index is -0.373. The van der Waals surface area contributed by atoms with Crippen molar-refractivity contribution in [1.29, 1.82) is 0 Å². The average molecular weight is 265 g/mol. The highest BCUT2D eigenvalue weighted by Crippen LogP contribution is 2.06. The fourth-order valence-electron chi connectivity index (χ4n) is 1.83. The van der Waals surface area contributed by atoms with E-state index in [2.05, 4.69) is 20.5 Å². The summed E-state index contributed by atoms with van der Waals surface area (Å²) < 4.78 is 5.23. The first-order valence-corrected chi connectivity index (χ1v) is 6.39. The molecular formula is C12H19N5O2. The molecule has 1 amide bonds. The number of aryl methyl sites for hydroxylation is 2. The van der Waals surface area contributed by atoms with Gasteiger partial charge in [0.1, 0.15) is 6.04 Å². The van der Waals surface area contributed by atoms with E-state index in [9.17, 15) is 4.79 Å². The fraction of sp³-hybridized carbons (Fsp3) is 0.667. The van der Waals surface area contributed by atoms with Crippen LogP contribution in [0.3, 0.4) is 0 Å². The predicted molar refractivity (Wildman–Crippen MR) is 69.8 cm³/mol. The Balaban J connectivity index is 1.97. The number of ether oxygens (including phenoxy) is 1. The van der Waals surface area contributed by atoms with E-state index in [4.69, 9.17) is 4.74 Å². The van der Waals surface area contributed by atoms with Crippen molar-refractivity contribution in [3.63, 3.8) is 0 Å². The van der Waals surface area contributed by atoms with Gasteiger partial charge in [0.2, 0.25) is 11.9 Å². The van der Waals surface area contributed by atoms with Crippen molar-refractivity contribution in [2.24, 2.45) is 0 Å². The van der Waals surface area contributed by atoms with Gasteiger partial charge in [-0.3, -0.25) is 4.79 Å². The lowest BCUT2D eigenvalue weighted by Gasteiger charge is -2.29. The number of carbonyl (C=O) groups excluding carboxylic acids is 1. The van der Waals surface area contributed by atoms with Gasteiger partial charge in [-0.2, -0.15) is 5.10 Å². The molecule has 19 heavy (non-hydrogen) atoms. The van der Waals surface area contributed by atoms with Crippen LogP contribution in [0.5, 0.6) is 0 Å². The Kier molecular flexibility index (Phi) is 4.26. The van der Waals surface area contributed by atoms with Gasteiger partial charge < -0.3 is 15.0 Å². The topological polar surface area (TPSA) is 80.2 Å². The predicted octanol–water partition coefficient (Wildman–Crippen LogP) is 0.148. The molecular weight excluding hydrogens is 246 g/mol. The van der Waals surface area contributed by atoms with Crippen molar-refractivity contribution < 1.29 is 9.53 Å². The highest BCUT2D eigenvalue weighted by molar-refractivity contribution is 5.83. The number of amides is 1. The lowest BCUT2D eigenvalue weighted by atomic mass is 10.2. The Morgan fingerprint density at radius 1 is 1.26 bits per heavy atom. The second-order valence-electron chi connectivity index (χ2n) is 4.61. The van der Waals surface area contributed by atoms with Crippen LogP contribution in [0.4, 0.5) is 5.95 Å². The number of nitrogens with one attached hydrogen (secondary N) is 1. The van der Waals surface area contributed by atoms with Gasteiger partial charge in [0, 0.05) is 13.1 Å². The van der Waals surface area contributed by atoms with Crippen LogP contribution in [0.1, 0.15) is 18.3 Å². The van der Waals surface area contributed by atoms with Crippen LogP contribution in [0.25, 0.3) is 0 Å². The maximum absolute atomic E-state index is 12.2. The summed E-state index contributed by atoms with van der Waals surface area (Å²) in [6.07, 6.45) is 0. The van der Waals surface area contributed by atoms with Gasteiger partial charge in [-0.15, -0.1) is 5.10 Å². The van der Waals surface area contributed by atoms with Crippen LogP contribution in [0.2, 0.25) is 0 Å². The normalized spacial score (nSPS) is 17.1. The van der Waals surface area contributed by atoms with Crippen LogP contribution in [0, 0.1) is 13.8 Å². The number of nitrogens with zero attached hydrogens (tertiary/aromatic N) is 4. The summed E-state index contributed by atoms with van der Waals surface area (Å²) in [7, 11) is 0. The van der Waals surface area contributed by atoms with E-state index in [0.29, 0.717) is 32.3 Å². The highest BCUT2D eigenvalue weighted by Gasteiger charge is 2.23. The molecule has 1 fully saturated rings. The van der Waals surface area contributed by atoms with Crippen molar-refractivity contribution in [2.75, 3.05) is 31.6 Å². The number of hydrogen-bond donors (Lipinski definition) is 1. The quantitative estimate of drug-likeness (QED) is 0.838. The first-order chi connectivity index (χ1) is 9.08. The molecule has 104 valence electrons. The number of hydrogen-bond acceptors (Lipinski definition) is 6. The number of anilines is 1. The summed E-state index contributed by atoms with van der Waals surface area (Å²) in [4.78, 5) is 18.2. The van der Waals surface area contributed by atoms with E-state index in [0.717, 1.165) is 11.4 Å². The molecule has 0 aliphatic carbocycles. The molecule has 1 unspecified atom stereocenters. The molecule has 0 radical (unpaired) electrons. The van der Waals surface area contributed by atoms with Gasteiger partial charge in [0.05, 0.1) is 24.6 Å². The zero-order chi connectivity index (χ0) is 13.8. The minimum absolute atomic E-state index is 0.0325. The van der Waals surface area contributed by atoms with Gasteiger partial charge in [-0.05, 0) is 20.8 Å². The van der Waals surface area contributed by atoms with Crippen molar-refractivity contribution in [3.05, 3.63) is 11.4 Å². The first kappa shape index (κ1) is 13.7. The molecule has 0 bridgehead atoms.